The zero-order valence-corrected chi connectivity index (χ0v) is 40.5. The summed E-state index contributed by atoms with van der Waals surface area (Å²) in [7, 11) is 0. The van der Waals surface area contributed by atoms with Crippen LogP contribution in [0.4, 0.5) is 0 Å². The summed E-state index contributed by atoms with van der Waals surface area (Å²) in [6.07, 6.45) is 9.25. The molecule has 0 saturated heterocycles. The van der Waals surface area contributed by atoms with Gasteiger partial charge in [-0.3, -0.25) is 19.2 Å². The van der Waals surface area contributed by atoms with Crippen LogP contribution in [0.3, 0.4) is 0 Å². The van der Waals surface area contributed by atoms with E-state index < -0.39 is 12.1 Å². The van der Waals surface area contributed by atoms with E-state index in [0.29, 0.717) is 69.9 Å². The Labute approximate surface area is 391 Å². The summed E-state index contributed by atoms with van der Waals surface area (Å²) < 4.78 is 0. The number of unbranched alkanes of at least 4 members (excludes halogenated alkanes) is 4. The first-order valence-electron chi connectivity index (χ1n) is 24.2. The standard InChI is InChI=1S/C28H41N3O2.C27H39N3O2/c1-21(2)10-8-9-18-30-28(33)26(31-27(32)17-19-29-22(3)4)20-23-13-15-25(16-14-23)24-11-6-5-7-12-24;1-4-5-6-10-18-29-27(32)25(30-26(31)17-19-28-21(2)3)20-22-13-15-24(16-14-22)23-11-8-7-9-12-23/h5-7,11-16,21-22,26,29H,8-10,17-20H2,1-4H3,(H,30,33)(H,31,32);7-9,11-16,21,25,28H,4-6,10,17-20H2,1-3H3,(H,29,32)(H,30,31)/t26-;/m1./s1. The van der Waals surface area contributed by atoms with Gasteiger partial charge in [0.2, 0.25) is 23.6 Å². The summed E-state index contributed by atoms with van der Waals surface area (Å²) in [5, 5.41) is 18.4. The average molecular weight is 889 g/mol. The van der Waals surface area contributed by atoms with Crippen LogP contribution in [-0.4, -0.2) is 74.0 Å². The van der Waals surface area contributed by atoms with Crippen molar-refractivity contribution in [2.75, 3.05) is 26.2 Å². The molecule has 6 N–H and O–H groups in total. The van der Waals surface area contributed by atoms with Crippen LogP contribution in [0.25, 0.3) is 22.3 Å². The van der Waals surface area contributed by atoms with Crippen molar-refractivity contribution in [3.8, 4) is 22.3 Å². The fourth-order valence-corrected chi connectivity index (χ4v) is 7.20. The maximum absolute atomic E-state index is 12.9. The van der Waals surface area contributed by atoms with Gasteiger partial charge in [-0.25, -0.2) is 0 Å². The number of hydrogen-bond donors (Lipinski definition) is 6. The molecule has 2 atom stereocenters. The van der Waals surface area contributed by atoms with Crippen molar-refractivity contribution in [2.45, 2.75) is 143 Å². The normalized spacial score (nSPS) is 12.0. The van der Waals surface area contributed by atoms with E-state index in [-0.39, 0.29) is 23.6 Å². The van der Waals surface area contributed by atoms with E-state index in [4.69, 9.17) is 0 Å². The number of benzene rings is 4. The Hall–Kier alpha value is -5.32. The summed E-state index contributed by atoms with van der Waals surface area (Å²) in [6.45, 7) is 17.3. The quantitative estimate of drug-likeness (QED) is 0.0315. The van der Waals surface area contributed by atoms with Gasteiger partial charge in [0.1, 0.15) is 12.1 Å². The van der Waals surface area contributed by atoms with Gasteiger partial charge >= 0.3 is 0 Å². The SMILES string of the molecule is CC(C)CCCCNC(=O)[C@@H](Cc1ccc(-c2ccccc2)cc1)NC(=O)CCNC(C)C.CCCCCCNC(=O)C(Cc1ccc(-c2ccccc2)cc1)NC(=O)CCNC(C)C. The van der Waals surface area contributed by atoms with E-state index in [1.54, 1.807) is 0 Å². The highest BCUT2D eigenvalue weighted by Crippen LogP contribution is 2.21. The van der Waals surface area contributed by atoms with Gasteiger partial charge in [-0.05, 0) is 52.1 Å². The molecule has 0 spiro atoms. The maximum atomic E-state index is 12.9. The van der Waals surface area contributed by atoms with Gasteiger partial charge in [0.15, 0.2) is 0 Å². The van der Waals surface area contributed by atoms with Crippen LogP contribution in [0, 0.1) is 5.92 Å². The molecule has 0 aliphatic heterocycles. The summed E-state index contributed by atoms with van der Waals surface area (Å²) in [4.78, 5) is 50.7. The summed E-state index contributed by atoms with van der Waals surface area (Å²) in [5.74, 6) is 0.232. The summed E-state index contributed by atoms with van der Waals surface area (Å²) >= 11 is 0. The lowest BCUT2D eigenvalue weighted by molar-refractivity contribution is -0.129. The molecule has 1 unspecified atom stereocenters. The molecule has 10 nitrogen and oxygen atoms in total. The Morgan fingerprint density at radius 2 is 0.831 bits per heavy atom. The minimum absolute atomic E-state index is 0.106. The molecule has 4 amide bonds. The van der Waals surface area contributed by atoms with Crippen LogP contribution in [0.1, 0.15) is 117 Å². The second-order valence-electron chi connectivity index (χ2n) is 18.0. The molecule has 0 aliphatic rings. The number of carbonyl (C=O) groups excluding carboxylic acids is 4. The van der Waals surface area contributed by atoms with Gasteiger partial charge in [0.05, 0.1) is 0 Å². The van der Waals surface area contributed by atoms with Gasteiger partial charge in [0.25, 0.3) is 0 Å². The highest BCUT2D eigenvalue weighted by molar-refractivity contribution is 5.88. The molecule has 4 rings (SSSR count). The molecular formula is C55H80N6O4. The lowest BCUT2D eigenvalue weighted by Crippen LogP contribution is -2.48. The molecule has 0 radical (unpaired) electrons. The molecule has 354 valence electrons. The molecular weight excluding hydrogens is 809 g/mol. The van der Waals surface area contributed by atoms with Crippen LogP contribution in [0.5, 0.6) is 0 Å². The molecule has 4 aromatic rings. The van der Waals surface area contributed by atoms with Crippen molar-refractivity contribution in [1.29, 1.82) is 0 Å². The van der Waals surface area contributed by atoms with Crippen molar-refractivity contribution >= 4 is 23.6 Å². The molecule has 0 aromatic heterocycles. The Morgan fingerprint density at radius 1 is 0.446 bits per heavy atom. The van der Waals surface area contributed by atoms with Gasteiger partial charge in [-0.2, -0.15) is 0 Å². The number of amides is 4. The van der Waals surface area contributed by atoms with Crippen molar-refractivity contribution in [3.05, 3.63) is 120 Å². The second kappa shape index (κ2) is 31.5. The van der Waals surface area contributed by atoms with E-state index in [2.05, 4.69) is 101 Å². The van der Waals surface area contributed by atoms with Crippen LogP contribution in [0.2, 0.25) is 0 Å². The topological polar surface area (TPSA) is 140 Å². The average Bonchev–Trinajstić information content (AvgIpc) is 3.29. The first-order chi connectivity index (χ1) is 31.3. The highest BCUT2D eigenvalue weighted by Gasteiger charge is 2.22. The fourth-order valence-electron chi connectivity index (χ4n) is 7.20. The monoisotopic (exact) mass is 889 g/mol. The van der Waals surface area contributed by atoms with Gasteiger partial charge in [-0.15, -0.1) is 0 Å². The first-order valence-corrected chi connectivity index (χ1v) is 24.2. The highest BCUT2D eigenvalue weighted by atomic mass is 16.2. The van der Waals surface area contributed by atoms with Gasteiger partial charge < -0.3 is 31.9 Å². The Kier molecular flexibility index (Phi) is 26.2. The largest absolute Gasteiger partial charge is 0.354 e. The summed E-state index contributed by atoms with van der Waals surface area (Å²) in [6, 6.07) is 36.3. The third kappa shape index (κ3) is 23.4. The number of carbonyl (C=O) groups is 4. The minimum Gasteiger partial charge on any atom is -0.354 e. The van der Waals surface area contributed by atoms with Crippen LogP contribution < -0.4 is 31.9 Å². The molecule has 0 saturated carbocycles. The maximum Gasteiger partial charge on any atom is 0.242 e. The molecule has 65 heavy (non-hydrogen) atoms. The van der Waals surface area contributed by atoms with E-state index >= 15 is 0 Å². The molecule has 0 aliphatic carbocycles. The second-order valence-corrected chi connectivity index (χ2v) is 18.0. The van der Waals surface area contributed by atoms with Crippen LogP contribution in [0.15, 0.2) is 109 Å². The molecule has 0 heterocycles. The zero-order valence-electron chi connectivity index (χ0n) is 40.5. The number of nitrogens with one attached hydrogen (secondary N) is 6. The minimum atomic E-state index is -0.579. The number of hydrogen-bond acceptors (Lipinski definition) is 6. The molecule has 4 aromatic carbocycles. The fraction of sp³-hybridized carbons (Fsp3) is 0.491. The predicted octanol–water partition coefficient (Wildman–Crippen LogP) is 9.18. The molecule has 0 fully saturated rings. The molecule has 10 heteroatoms. The summed E-state index contributed by atoms with van der Waals surface area (Å²) in [5.41, 5.74) is 6.63. The lowest BCUT2D eigenvalue weighted by atomic mass is 10.00. The van der Waals surface area contributed by atoms with Crippen molar-refractivity contribution < 1.29 is 19.2 Å². The van der Waals surface area contributed by atoms with Crippen LogP contribution >= 0.6 is 0 Å². The third-order valence-electron chi connectivity index (χ3n) is 11.0. The predicted molar refractivity (Wildman–Crippen MR) is 269 cm³/mol. The smallest absolute Gasteiger partial charge is 0.242 e. The van der Waals surface area contributed by atoms with Gasteiger partial charge in [0, 0.05) is 63.9 Å². The van der Waals surface area contributed by atoms with Crippen molar-refractivity contribution in [3.63, 3.8) is 0 Å². The Balaban J connectivity index is 0.000000345. The first kappa shape index (κ1) is 54.0. The van der Waals surface area contributed by atoms with Crippen molar-refractivity contribution in [1.82, 2.24) is 31.9 Å². The van der Waals surface area contributed by atoms with Crippen molar-refractivity contribution in [2.24, 2.45) is 5.92 Å². The third-order valence-corrected chi connectivity index (χ3v) is 11.0. The van der Waals surface area contributed by atoms with Crippen LogP contribution in [-0.2, 0) is 32.0 Å². The lowest BCUT2D eigenvalue weighted by Gasteiger charge is -2.19. The van der Waals surface area contributed by atoms with E-state index in [1.807, 2.05) is 88.4 Å². The zero-order chi connectivity index (χ0) is 47.2. The Bertz CT molecular complexity index is 1920. The Morgan fingerprint density at radius 3 is 1.20 bits per heavy atom. The van der Waals surface area contributed by atoms with Gasteiger partial charge in [-0.1, -0.05) is 190 Å². The van der Waals surface area contributed by atoms with E-state index in [9.17, 15) is 19.2 Å². The number of rotatable bonds is 28. The van der Waals surface area contributed by atoms with E-state index in [1.165, 1.54) is 6.42 Å². The molecule has 0 bridgehead atoms. The van der Waals surface area contributed by atoms with E-state index in [0.717, 1.165) is 71.9 Å².